The Morgan fingerprint density at radius 3 is 2.68 bits per heavy atom. The number of rotatable bonds is 4. The molecule has 0 bridgehead atoms. The van der Waals surface area contributed by atoms with Gasteiger partial charge in [0.2, 0.25) is 5.91 Å². The van der Waals surface area contributed by atoms with Crippen molar-refractivity contribution in [2.75, 3.05) is 5.32 Å². The smallest absolute Gasteiger partial charge is 0.224 e. The molecule has 0 aliphatic rings. The molecule has 0 saturated heterocycles. The zero-order valence-electron chi connectivity index (χ0n) is 12.2. The van der Waals surface area contributed by atoms with Crippen molar-refractivity contribution < 1.29 is 4.79 Å². The summed E-state index contributed by atoms with van der Waals surface area (Å²) >= 11 is 0. The monoisotopic (exact) mass is 258 g/mol. The number of nitrogens with zero attached hydrogens (tertiary/aromatic N) is 1. The standard InChI is InChI=1S/C16H22N2O/c1-12(10-16(2,3)4)8-15(19)18-14-7-5-6-13(9-14)11-17/h5-7,9,12H,8,10H2,1-4H3,(H,18,19). The van der Waals surface area contributed by atoms with E-state index < -0.39 is 0 Å². The van der Waals surface area contributed by atoms with E-state index in [1.807, 2.05) is 0 Å². The maximum Gasteiger partial charge on any atom is 0.224 e. The predicted octanol–water partition coefficient (Wildman–Crippen LogP) is 3.96. The summed E-state index contributed by atoms with van der Waals surface area (Å²) in [6.07, 6.45) is 1.52. The fourth-order valence-corrected chi connectivity index (χ4v) is 2.31. The van der Waals surface area contributed by atoms with Crippen molar-refractivity contribution >= 4 is 11.6 Å². The van der Waals surface area contributed by atoms with Gasteiger partial charge in [-0.05, 0) is 36.0 Å². The van der Waals surface area contributed by atoms with Gasteiger partial charge in [0.15, 0.2) is 0 Å². The highest BCUT2D eigenvalue weighted by Crippen LogP contribution is 2.26. The van der Waals surface area contributed by atoms with Crippen molar-refractivity contribution in [1.82, 2.24) is 0 Å². The average molecular weight is 258 g/mol. The molecule has 1 N–H and O–H groups in total. The zero-order valence-corrected chi connectivity index (χ0v) is 12.2. The third-order valence-electron chi connectivity index (χ3n) is 2.77. The van der Waals surface area contributed by atoms with Crippen molar-refractivity contribution in [3.8, 4) is 6.07 Å². The Labute approximate surface area is 115 Å². The highest BCUT2D eigenvalue weighted by molar-refractivity contribution is 5.90. The quantitative estimate of drug-likeness (QED) is 0.888. The third-order valence-corrected chi connectivity index (χ3v) is 2.77. The maximum atomic E-state index is 11.9. The molecule has 0 spiro atoms. The molecular formula is C16H22N2O. The Bertz CT molecular complexity index is 480. The molecule has 1 aromatic carbocycles. The lowest BCUT2D eigenvalue weighted by molar-refractivity contribution is -0.117. The Morgan fingerprint density at radius 1 is 1.42 bits per heavy atom. The highest BCUT2D eigenvalue weighted by atomic mass is 16.1. The summed E-state index contributed by atoms with van der Waals surface area (Å²) in [6.45, 7) is 8.63. The first-order valence-electron chi connectivity index (χ1n) is 6.60. The van der Waals surface area contributed by atoms with E-state index in [1.165, 1.54) is 0 Å². The Morgan fingerprint density at radius 2 is 2.11 bits per heavy atom. The van der Waals surface area contributed by atoms with E-state index in [2.05, 4.69) is 39.1 Å². The molecule has 3 nitrogen and oxygen atoms in total. The Kier molecular flexibility index (Phi) is 5.11. The van der Waals surface area contributed by atoms with Crippen LogP contribution in [0, 0.1) is 22.7 Å². The minimum absolute atomic E-state index is 0.00633. The van der Waals surface area contributed by atoms with E-state index >= 15 is 0 Å². The van der Waals surface area contributed by atoms with E-state index in [4.69, 9.17) is 5.26 Å². The molecule has 19 heavy (non-hydrogen) atoms. The number of nitriles is 1. The fraction of sp³-hybridized carbons (Fsp3) is 0.500. The van der Waals surface area contributed by atoms with Gasteiger partial charge in [-0.3, -0.25) is 4.79 Å². The van der Waals surface area contributed by atoms with Gasteiger partial charge in [0.1, 0.15) is 0 Å². The summed E-state index contributed by atoms with van der Waals surface area (Å²) in [4.78, 5) is 11.9. The van der Waals surface area contributed by atoms with Crippen LogP contribution in [0.2, 0.25) is 0 Å². The van der Waals surface area contributed by atoms with Gasteiger partial charge in [-0.15, -0.1) is 0 Å². The van der Waals surface area contributed by atoms with Crippen molar-refractivity contribution in [2.24, 2.45) is 11.3 Å². The third kappa shape index (κ3) is 6.05. The highest BCUT2D eigenvalue weighted by Gasteiger charge is 2.17. The number of hydrogen-bond donors (Lipinski definition) is 1. The van der Waals surface area contributed by atoms with Crippen LogP contribution in [0.25, 0.3) is 0 Å². The van der Waals surface area contributed by atoms with Crippen LogP contribution >= 0.6 is 0 Å². The van der Waals surface area contributed by atoms with Crippen molar-refractivity contribution in [3.63, 3.8) is 0 Å². The van der Waals surface area contributed by atoms with E-state index in [9.17, 15) is 4.79 Å². The van der Waals surface area contributed by atoms with Gasteiger partial charge >= 0.3 is 0 Å². The zero-order chi connectivity index (χ0) is 14.5. The van der Waals surface area contributed by atoms with Gasteiger partial charge in [-0.2, -0.15) is 5.26 Å². The first kappa shape index (κ1) is 15.2. The first-order valence-corrected chi connectivity index (χ1v) is 6.60. The second-order valence-electron chi connectivity index (χ2n) is 6.31. The lowest BCUT2D eigenvalue weighted by Gasteiger charge is -2.22. The van der Waals surface area contributed by atoms with Gasteiger partial charge in [0.25, 0.3) is 0 Å². The lowest BCUT2D eigenvalue weighted by Crippen LogP contribution is -2.18. The molecular weight excluding hydrogens is 236 g/mol. The Hall–Kier alpha value is -1.82. The number of anilines is 1. The van der Waals surface area contributed by atoms with E-state index in [0.717, 1.165) is 6.42 Å². The van der Waals surface area contributed by atoms with Crippen LogP contribution in [-0.2, 0) is 4.79 Å². The summed E-state index contributed by atoms with van der Waals surface area (Å²) in [5.74, 6) is 0.353. The normalized spacial score (nSPS) is 12.6. The van der Waals surface area contributed by atoms with E-state index in [-0.39, 0.29) is 11.3 Å². The minimum Gasteiger partial charge on any atom is -0.326 e. The van der Waals surface area contributed by atoms with Gasteiger partial charge in [0.05, 0.1) is 11.6 Å². The van der Waals surface area contributed by atoms with Gasteiger partial charge in [-0.1, -0.05) is 33.8 Å². The summed E-state index contributed by atoms with van der Waals surface area (Å²) < 4.78 is 0. The van der Waals surface area contributed by atoms with Crippen LogP contribution < -0.4 is 5.32 Å². The van der Waals surface area contributed by atoms with Crippen molar-refractivity contribution in [2.45, 2.75) is 40.5 Å². The number of benzene rings is 1. The number of carbonyl (C=O) groups is 1. The van der Waals surface area contributed by atoms with Gasteiger partial charge in [-0.25, -0.2) is 0 Å². The topological polar surface area (TPSA) is 52.9 Å². The summed E-state index contributed by atoms with van der Waals surface area (Å²) in [7, 11) is 0. The van der Waals surface area contributed by atoms with Crippen LogP contribution in [0.5, 0.6) is 0 Å². The molecule has 1 atom stereocenters. The van der Waals surface area contributed by atoms with Crippen LogP contribution in [0.4, 0.5) is 5.69 Å². The molecule has 0 aliphatic heterocycles. The molecule has 1 amide bonds. The second-order valence-corrected chi connectivity index (χ2v) is 6.31. The lowest BCUT2D eigenvalue weighted by atomic mass is 9.84. The van der Waals surface area contributed by atoms with Crippen LogP contribution in [-0.4, -0.2) is 5.91 Å². The summed E-state index contributed by atoms with van der Waals surface area (Å²) in [5.41, 5.74) is 1.48. The molecule has 0 aromatic heterocycles. The van der Waals surface area contributed by atoms with E-state index in [0.29, 0.717) is 23.6 Å². The van der Waals surface area contributed by atoms with Crippen molar-refractivity contribution in [1.29, 1.82) is 5.26 Å². The number of nitrogens with one attached hydrogen (secondary N) is 1. The van der Waals surface area contributed by atoms with Crippen LogP contribution in [0.3, 0.4) is 0 Å². The largest absolute Gasteiger partial charge is 0.326 e. The van der Waals surface area contributed by atoms with E-state index in [1.54, 1.807) is 24.3 Å². The summed E-state index contributed by atoms with van der Waals surface area (Å²) in [6, 6.07) is 9.04. The number of hydrogen-bond acceptors (Lipinski definition) is 2. The first-order chi connectivity index (χ1) is 8.80. The molecule has 1 aromatic rings. The van der Waals surface area contributed by atoms with Gasteiger partial charge < -0.3 is 5.32 Å². The maximum absolute atomic E-state index is 11.9. The average Bonchev–Trinajstić information content (AvgIpc) is 2.26. The van der Waals surface area contributed by atoms with Gasteiger partial charge in [0, 0.05) is 12.1 Å². The molecule has 0 fully saturated rings. The molecule has 0 radical (unpaired) electrons. The minimum atomic E-state index is 0.00633. The molecule has 3 heteroatoms. The number of carbonyl (C=O) groups excluding carboxylic acids is 1. The number of amides is 1. The molecule has 102 valence electrons. The molecule has 1 unspecified atom stereocenters. The Balaban J connectivity index is 2.53. The molecule has 0 heterocycles. The fourth-order valence-electron chi connectivity index (χ4n) is 2.31. The molecule has 0 saturated carbocycles. The van der Waals surface area contributed by atoms with Crippen LogP contribution in [0.1, 0.15) is 46.1 Å². The van der Waals surface area contributed by atoms with Crippen LogP contribution in [0.15, 0.2) is 24.3 Å². The second kappa shape index (κ2) is 6.38. The molecule has 0 aliphatic carbocycles. The van der Waals surface area contributed by atoms with Crippen molar-refractivity contribution in [3.05, 3.63) is 29.8 Å². The molecule has 1 rings (SSSR count). The predicted molar refractivity (Wildman–Crippen MR) is 77.6 cm³/mol. The SMILES string of the molecule is CC(CC(=O)Nc1cccc(C#N)c1)CC(C)(C)C. The summed E-state index contributed by atoms with van der Waals surface area (Å²) in [5, 5.41) is 11.6.